The van der Waals surface area contributed by atoms with E-state index >= 15 is 0 Å². The molecule has 2 rings (SSSR count). The molecule has 0 bridgehead atoms. The molecule has 0 saturated carbocycles. The van der Waals surface area contributed by atoms with E-state index in [-0.39, 0.29) is 44.7 Å². The first kappa shape index (κ1) is 27.3. The predicted molar refractivity (Wildman–Crippen MR) is 87.0 cm³/mol. The van der Waals surface area contributed by atoms with E-state index in [2.05, 4.69) is 47.1 Å². The molecule has 1 radical (unpaired) electrons. The summed E-state index contributed by atoms with van der Waals surface area (Å²) in [5, 5.41) is 2.64. The standard InChI is InChI=1S/C14H16N2O3.C3H6.V.W.Y/c1-9-4-5-12(6-10(9)2)16-8-13(19-14(16)18)7-15-11(3)17;1-3-2;;;/h4-6,13H,1-2,7-8H2,3H3,(H,15,17);1-3H2;;;/q2*-2;;;/t13-;;;;/m0..../s1. The maximum Gasteiger partial charge on any atom is 0 e. The Hall–Kier alpha value is 0.0766. The third-order valence-electron chi connectivity index (χ3n) is 2.95. The summed E-state index contributed by atoms with van der Waals surface area (Å²) in [6.45, 7) is 16.6. The van der Waals surface area contributed by atoms with Gasteiger partial charge in [-0.05, 0) is 5.69 Å². The molecule has 1 aromatic carbocycles. The van der Waals surface area contributed by atoms with Gasteiger partial charge in [0.05, 0.1) is 13.1 Å². The predicted octanol–water partition coefficient (Wildman–Crippen LogP) is 2.55. The molecule has 8 heteroatoms. The van der Waals surface area contributed by atoms with E-state index in [1.165, 1.54) is 28.6 Å². The van der Waals surface area contributed by atoms with E-state index in [1.54, 1.807) is 12.1 Å². The average molecular weight is 626 g/mol. The molecule has 1 atom stereocenters. The van der Waals surface area contributed by atoms with Crippen molar-refractivity contribution >= 4 is 17.7 Å². The second kappa shape index (κ2) is 15.2. The van der Waals surface area contributed by atoms with Crippen LogP contribution in [0.3, 0.4) is 0 Å². The summed E-state index contributed by atoms with van der Waals surface area (Å²) in [6, 6.07) is 5.41. The maximum atomic E-state index is 11.8. The smallest absolute Gasteiger partial charge is 0 e. The van der Waals surface area contributed by atoms with Gasteiger partial charge in [0, 0.05) is 39.6 Å². The van der Waals surface area contributed by atoms with Gasteiger partial charge in [0.2, 0.25) is 5.91 Å². The molecule has 0 spiro atoms. The van der Waals surface area contributed by atoms with Crippen molar-refractivity contribution in [2.45, 2.75) is 19.4 Å². The number of rotatable bonds is 3. The Bertz CT molecular complexity index is 561. The molecule has 1 saturated heterocycles. The van der Waals surface area contributed by atoms with Crippen molar-refractivity contribution in [1.29, 1.82) is 0 Å². The Kier molecular flexibility index (Phi) is 16.6. The minimum absolute atomic E-state index is 0. The van der Waals surface area contributed by atoms with Gasteiger partial charge in [0.15, 0.2) is 0 Å². The van der Waals surface area contributed by atoms with Gasteiger partial charge in [-0.15, -0.1) is 6.07 Å². The van der Waals surface area contributed by atoms with E-state index in [0.717, 1.165) is 23.2 Å². The topological polar surface area (TPSA) is 58.6 Å². The van der Waals surface area contributed by atoms with Gasteiger partial charge < -0.3 is 30.3 Å². The van der Waals surface area contributed by atoms with Crippen LogP contribution in [0.15, 0.2) is 18.2 Å². The van der Waals surface area contributed by atoms with Crippen LogP contribution in [0.4, 0.5) is 10.5 Å². The number of cyclic esters (lactones) is 1. The molecule has 25 heavy (non-hydrogen) atoms. The summed E-state index contributed by atoms with van der Waals surface area (Å²) in [4.78, 5) is 24.1. The summed E-state index contributed by atoms with van der Waals surface area (Å²) >= 11 is 3.92. The van der Waals surface area contributed by atoms with E-state index in [0.29, 0.717) is 13.1 Å². The number of anilines is 1. The zero-order valence-corrected chi connectivity index (χ0v) is 21.5. The Labute approximate surface area is 193 Å². The number of amides is 2. The Morgan fingerprint density at radius 2 is 1.92 bits per heavy atom. The summed E-state index contributed by atoms with van der Waals surface area (Å²) in [7, 11) is 0. The molecule has 1 aliphatic heterocycles. The molecular weight excluding hydrogens is 604 g/mol. The van der Waals surface area contributed by atoms with Crippen molar-refractivity contribution in [3.05, 3.63) is 57.0 Å². The van der Waals surface area contributed by atoms with Crippen molar-refractivity contribution in [2.75, 3.05) is 18.0 Å². The van der Waals surface area contributed by atoms with Crippen molar-refractivity contribution in [2.24, 2.45) is 0 Å². The van der Waals surface area contributed by atoms with E-state index in [9.17, 15) is 9.59 Å². The fourth-order valence-corrected chi connectivity index (χ4v) is 1.88. The third kappa shape index (κ3) is 10.1. The first-order valence-corrected chi connectivity index (χ1v) is 13.1. The van der Waals surface area contributed by atoms with Crippen molar-refractivity contribution < 1.29 is 77.9 Å². The molecule has 2 amide bonds. The van der Waals surface area contributed by atoms with Crippen LogP contribution in [-0.4, -0.2) is 31.2 Å². The van der Waals surface area contributed by atoms with Gasteiger partial charge in [0.25, 0.3) is 0 Å². The fourth-order valence-electron chi connectivity index (χ4n) is 1.88. The molecule has 0 aromatic heterocycles. The maximum absolute atomic E-state index is 11.8. The van der Waals surface area contributed by atoms with Gasteiger partial charge in [-0.1, -0.05) is 0 Å². The van der Waals surface area contributed by atoms with Crippen molar-refractivity contribution in [1.82, 2.24) is 5.32 Å². The van der Waals surface area contributed by atoms with Crippen molar-refractivity contribution in [3.8, 4) is 0 Å². The van der Waals surface area contributed by atoms with Gasteiger partial charge in [-0.25, -0.2) is 10.9 Å². The average Bonchev–Trinajstić information content (AvgIpc) is 2.92. The molecule has 136 valence electrons. The second-order valence-corrected chi connectivity index (χ2v) is 4.86. The molecule has 5 nitrogen and oxygen atoms in total. The Balaban J connectivity index is 0. The zero-order valence-electron chi connectivity index (χ0n) is 14.4. The summed E-state index contributed by atoms with van der Waals surface area (Å²) in [5.74, 6) is -0.143. The van der Waals surface area contributed by atoms with Crippen LogP contribution >= 0.6 is 0 Å². The number of hydrogen-bond donors (Lipinski definition) is 1. The molecule has 1 fully saturated rings. The molecule has 1 aromatic rings. The van der Waals surface area contributed by atoms with E-state index in [4.69, 9.17) is 4.74 Å². The Morgan fingerprint density at radius 3 is 2.40 bits per heavy atom. The quantitative estimate of drug-likeness (QED) is 0.526. The third-order valence-corrected chi connectivity index (χ3v) is 2.95. The van der Waals surface area contributed by atoms with Crippen molar-refractivity contribution in [3.63, 3.8) is 0 Å². The van der Waals surface area contributed by atoms with Crippen LogP contribution in [0, 0.1) is 27.7 Å². The van der Waals surface area contributed by atoms with Gasteiger partial charge in [0.1, 0.15) is 6.10 Å². The van der Waals surface area contributed by atoms with Gasteiger partial charge in [-0.3, -0.25) is 34.7 Å². The Morgan fingerprint density at radius 1 is 1.36 bits per heavy atom. The van der Waals surface area contributed by atoms with Crippen LogP contribution in [0.25, 0.3) is 0 Å². The van der Waals surface area contributed by atoms with Crippen LogP contribution in [0.5, 0.6) is 0 Å². The van der Waals surface area contributed by atoms with Crippen LogP contribution < -0.4 is 10.2 Å². The molecule has 1 N–H and O–H groups in total. The number of benzene rings is 1. The molecule has 0 unspecified atom stereocenters. The summed E-state index contributed by atoms with van der Waals surface area (Å²) in [6.07, 6.45) is 0.00987. The number of ether oxygens (including phenoxy) is 1. The minimum Gasteiger partial charge on any atom is 0 e. The van der Waals surface area contributed by atoms with Gasteiger partial charge in [-0.2, -0.15) is 6.07 Å². The minimum atomic E-state index is -0.411. The van der Waals surface area contributed by atoms with Crippen LogP contribution in [-0.2, 0) is 73.1 Å². The molecule has 1 heterocycles. The normalized spacial score (nSPS) is 14.7. The largest absolute Gasteiger partial charge is 0 e. The number of nitrogens with zero attached hydrogens (tertiary/aromatic N) is 1. The zero-order chi connectivity index (χ0) is 18.7. The monoisotopic (exact) mass is 626 g/mol. The SMILES string of the molecule is [CH2-]C[CH2-].[CH2-]c1ccc(N2C[C@H](CNC(C)=O)OC2=O)cc1[CH2-].[V]=[W].[Y]. The molecule has 0 aliphatic carbocycles. The van der Waals surface area contributed by atoms with Gasteiger partial charge >= 0.3 is 37.0 Å². The number of hydrogen-bond acceptors (Lipinski definition) is 3. The molecule has 1 aliphatic rings. The van der Waals surface area contributed by atoms with E-state index < -0.39 is 6.09 Å². The van der Waals surface area contributed by atoms with E-state index in [1.807, 2.05) is 6.07 Å². The fraction of sp³-hybridized carbons (Fsp3) is 0.294. The molecular formula is C17H22N2O3VWY-4. The number of carbonyl (C=O) groups excluding carboxylic acids is 2. The van der Waals surface area contributed by atoms with Crippen LogP contribution in [0.2, 0.25) is 0 Å². The number of nitrogens with one attached hydrogen (secondary N) is 1. The van der Waals surface area contributed by atoms with Crippen LogP contribution in [0.1, 0.15) is 24.5 Å². The summed E-state index contributed by atoms with van der Waals surface area (Å²) < 4.78 is 5.19. The second-order valence-electron chi connectivity index (χ2n) is 4.86. The summed E-state index contributed by atoms with van der Waals surface area (Å²) in [5.41, 5.74) is 2.33. The first-order valence-electron chi connectivity index (χ1n) is 7.16. The number of carbonyl (C=O) groups is 2. The first-order chi connectivity index (χ1) is 11.4.